The molecule has 90 valence electrons. The summed E-state index contributed by atoms with van der Waals surface area (Å²) in [6, 6.07) is 2.78. The molecule has 0 aliphatic rings. The molecule has 1 heterocycles. The smallest absolute Gasteiger partial charge is 0.148 e. The number of anilines is 2. The van der Waals surface area contributed by atoms with Crippen LogP contribution in [0.3, 0.4) is 0 Å². The molecule has 2 rings (SSSR count). The minimum atomic E-state index is -0.404. The maximum atomic E-state index is 13.6. The fourth-order valence-corrected chi connectivity index (χ4v) is 1.95. The lowest BCUT2D eigenvalue weighted by molar-refractivity contribution is 0.416. The van der Waals surface area contributed by atoms with Gasteiger partial charge in [0.05, 0.1) is 36.2 Å². The van der Waals surface area contributed by atoms with Crippen LogP contribution in [-0.4, -0.2) is 12.1 Å². The fraction of sp³-hybridized carbons (Fsp3) is 0.182. The monoisotopic (exact) mass is 253 g/mol. The van der Waals surface area contributed by atoms with Gasteiger partial charge in [0.15, 0.2) is 0 Å². The highest BCUT2D eigenvalue weighted by molar-refractivity contribution is 7.07. The highest BCUT2D eigenvalue weighted by Gasteiger charge is 2.08. The predicted octanol–water partition coefficient (Wildman–Crippen LogP) is 2.49. The van der Waals surface area contributed by atoms with E-state index in [-0.39, 0.29) is 5.69 Å². The van der Waals surface area contributed by atoms with Gasteiger partial charge in [-0.3, -0.25) is 0 Å². The van der Waals surface area contributed by atoms with Crippen molar-refractivity contribution in [2.75, 3.05) is 18.2 Å². The molecule has 0 amide bonds. The van der Waals surface area contributed by atoms with E-state index in [0.29, 0.717) is 18.0 Å². The van der Waals surface area contributed by atoms with E-state index in [9.17, 15) is 4.39 Å². The molecular weight excluding hydrogens is 241 g/mol. The Kier molecular flexibility index (Phi) is 3.43. The quantitative estimate of drug-likeness (QED) is 0.822. The van der Waals surface area contributed by atoms with Gasteiger partial charge >= 0.3 is 0 Å². The van der Waals surface area contributed by atoms with Gasteiger partial charge in [0.1, 0.15) is 11.6 Å². The summed E-state index contributed by atoms with van der Waals surface area (Å²) in [4.78, 5) is 4.10. The first kappa shape index (κ1) is 11.7. The Morgan fingerprint density at radius 1 is 1.53 bits per heavy atom. The molecule has 0 atom stereocenters. The number of nitrogens with one attached hydrogen (secondary N) is 1. The standard InChI is InChI=1S/C11H12FN3OS/c1-16-11-3-10(8(12)2-9(11)13)14-4-7-5-17-6-15-7/h2-3,5-6,14H,4,13H2,1H3. The molecule has 1 aromatic carbocycles. The van der Waals surface area contributed by atoms with Crippen LogP contribution in [0.4, 0.5) is 15.8 Å². The average Bonchev–Trinajstić information content (AvgIpc) is 2.81. The van der Waals surface area contributed by atoms with Crippen LogP contribution in [-0.2, 0) is 6.54 Å². The number of halogens is 1. The molecule has 0 fully saturated rings. The third-order valence-corrected chi connectivity index (χ3v) is 2.90. The lowest BCUT2D eigenvalue weighted by Gasteiger charge is -2.10. The van der Waals surface area contributed by atoms with Gasteiger partial charge in [0.25, 0.3) is 0 Å². The van der Waals surface area contributed by atoms with Crippen molar-refractivity contribution in [1.82, 2.24) is 4.98 Å². The SMILES string of the molecule is COc1cc(NCc2cscn2)c(F)cc1N. The van der Waals surface area contributed by atoms with Crippen molar-refractivity contribution in [3.05, 3.63) is 34.5 Å². The Labute approximate surface area is 102 Å². The summed E-state index contributed by atoms with van der Waals surface area (Å²) in [5, 5.41) is 4.85. The van der Waals surface area contributed by atoms with Gasteiger partial charge in [-0.2, -0.15) is 0 Å². The Bertz CT molecular complexity index is 502. The first-order valence-corrected chi connectivity index (χ1v) is 5.89. The normalized spacial score (nSPS) is 10.2. The van der Waals surface area contributed by atoms with Gasteiger partial charge in [-0.1, -0.05) is 0 Å². The minimum Gasteiger partial charge on any atom is -0.495 e. The number of methoxy groups -OCH3 is 1. The fourth-order valence-electron chi connectivity index (χ4n) is 1.39. The number of nitrogen functional groups attached to an aromatic ring is 1. The summed E-state index contributed by atoms with van der Waals surface area (Å²) in [6.07, 6.45) is 0. The number of nitrogens with zero attached hydrogens (tertiary/aromatic N) is 1. The van der Waals surface area contributed by atoms with Gasteiger partial charge in [0.2, 0.25) is 0 Å². The maximum absolute atomic E-state index is 13.6. The van der Waals surface area contributed by atoms with Crippen LogP contribution in [0.5, 0.6) is 5.75 Å². The number of hydrogen-bond acceptors (Lipinski definition) is 5. The number of ether oxygens (including phenoxy) is 1. The molecule has 0 saturated heterocycles. The van der Waals surface area contributed by atoms with E-state index in [1.807, 2.05) is 5.38 Å². The topological polar surface area (TPSA) is 60.2 Å². The van der Waals surface area contributed by atoms with E-state index >= 15 is 0 Å². The van der Waals surface area contributed by atoms with Crippen molar-refractivity contribution >= 4 is 22.7 Å². The summed E-state index contributed by atoms with van der Waals surface area (Å²) in [7, 11) is 1.49. The molecule has 0 saturated carbocycles. The Morgan fingerprint density at radius 3 is 3.00 bits per heavy atom. The van der Waals surface area contributed by atoms with Crippen molar-refractivity contribution in [3.8, 4) is 5.75 Å². The lowest BCUT2D eigenvalue weighted by Crippen LogP contribution is -2.03. The minimum absolute atomic E-state index is 0.282. The van der Waals surface area contributed by atoms with Gasteiger partial charge in [-0.25, -0.2) is 9.37 Å². The zero-order valence-electron chi connectivity index (χ0n) is 9.24. The third kappa shape index (κ3) is 2.65. The Morgan fingerprint density at radius 2 is 2.35 bits per heavy atom. The highest BCUT2D eigenvalue weighted by Crippen LogP contribution is 2.28. The van der Waals surface area contributed by atoms with Crippen molar-refractivity contribution in [2.24, 2.45) is 0 Å². The first-order chi connectivity index (χ1) is 8.20. The number of benzene rings is 1. The summed E-state index contributed by atoms with van der Waals surface area (Å²) in [6.45, 7) is 0.466. The van der Waals surface area contributed by atoms with E-state index in [4.69, 9.17) is 10.5 Å². The van der Waals surface area contributed by atoms with E-state index in [2.05, 4.69) is 10.3 Å². The van der Waals surface area contributed by atoms with Crippen LogP contribution >= 0.6 is 11.3 Å². The van der Waals surface area contributed by atoms with Crippen molar-refractivity contribution in [1.29, 1.82) is 0 Å². The lowest BCUT2D eigenvalue weighted by atomic mass is 10.2. The van der Waals surface area contributed by atoms with Crippen molar-refractivity contribution < 1.29 is 9.13 Å². The van der Waals surface area contributed by atoms with Crippen LogP contribution < -0.4 is 15.8 Å². The zero-order valence-corrected chi connectivity index (χ0v) is 10.1. The molecule has 0 aliphatic carbocycles. The van der Waals surface area contributed by atoms with Crippen LogP contribution in [0.2, 0.25) is 0 Å². The molecule has 3 N–H and O–H groups in total. The van der Waals surface area contributed by atoms with Gasteiger partial charge < -0.3 is 15.8 Å². The van der Waals surface area contributed by atoms with Gasteiger partial charge in [-0.05, 0) is 0 Å². The molecule has 4 nitrogen and oxygen atoms in total. The maximum Gasteiger partial charge on any atom is 0.148 e. The van der Waals surface area contributed by atoms with Crippen LogP contribution in [0.25, 0.3) is 0 Å². The van der Waals surface area contributed by atoms with E-state index in [1.54, 1.807) is 5.51 Å². The molecule has 0 spiro atoms. The highest BCUT2D eigenvalue weighted by atomic mass is 32.1. The number of hydrogen-bond donors (Lipinski definition) is 2. The first-order valence-electron chi connectivity index (χ1n) is 4.94. The Hall–Kier alpha value is -1.82. The molecular formula is C11H12FN3OS. The Balaban J connectivity index is 2.15. The molecule has 17 heavy (non-hydrogen) atoms. The summed E-state index contributed by atoms with van der Waals surface area (Å²) < 4.78 is 18.6. The zero-order chi connectivity index (χ0) is 12.3. The van der Waals surface area contributed by atoms with Crippen molar-refractivity contribution in [3.63, 3.8) is 0 Å². The van der Waals surface area contributed by atoms with Gasteiger partial charge in [0, 0.05) is 17.5 Å². The second-order valence-corrected chi connectivity index (χ2v) is 4.13. The van der Waals surface area contributed by atoms with Crippen LogP contribution in [0, 0.1) is 5.82 Å². The van der Waals surface area contributed by atoms with Crippen LogP contribution in [0.1, 0.15) is 5.69 Å². The molecule has 0 bridgehead atoms. The average molecular weight is 253 g/mol. The van der Waals surface area contributed by atoms with E-state index in [1.165, 1.54) is 30.6 Å². The summed E-state index contributed by atoms with van der Waals surface area (Å²) >= 11 is 1.50. The van der Waals surface area contributed by atoms with Gasteiger partial charge in [-0.15, -0.1) is 11.3 Å². The largest absolute Gasteiger partial charge is 0.495 e. The summed E-state index contributed by atoms with van der Waals surface area (Å²) in [5.74, 6) is 0.0470. The number of thiazole rings is 1. The third-order valence-electron chi connectivity index (χ3n) is 2.26. The van der Waals surface area contributed by atoms with Crippen molar-refractivity contribution in [2.45, 2.75) is 6.54 Å². The molecule has 1 aromatic heterocycles. The predicted molar refractivity (Wildman–Crippen MR) is 66.8 cm³/mol. The number of nitrogens with two attached hydrogens (primary N) is 1. The van der Waals surface area contributed by atoms with E-state index < -0.39 is 5.82 Å². The molecule has 6 heteroatoms. The molecule has 0 unspecified atom stereocenters. The number of rotatable bonds is 4. The van der Waals surface area contributed by atoms with Crippen LogP contribution in [0.15, 0.2) is 23.0 Å². The molecule has 0 radical (unpaired) electrons. The molecule has 2 aromatic rings. The second-order valence-electron chi connectivity index (χ2n) is 3.41. The molecule has 0 aliphatic heterocycles. The van der Waals surface area contributed by atoms with E-state index in [0.717, 1.165) is 5.69 Å². The number of aromatic nitrogens is 1. The summed E-state index contributed by atoms with van der Waals surface area (Å²) in [5.41, 5.74) is 8.82. The second kappa shape index (κ2) is 5.01.